The zero-order chi connectivity index (χ0) is 10.0. The Morgan fingerprint density at radius 1 is 1.54 bits per heavy atom. The second-order valence-corrected chi connectivity index (χ2v) is 2.80. The van der Waals surface area contributed by atoms with Gasteiger partial charge < -0.3 is 5.73 Å². The van der Waals surface area contributed by atoms with Gasteiger partial charge in [0.15, 0.2) is 0 Å². The number of amides is 1. The molecule has 0 radical (unpaired) electrons. The average Bonchev–Trinajstić information content (AvgIpc) is 2.04. The van der Waals surface area contributed by atoms with Crippen molar-refractivity contribution in [3.63, 3.8) is 0 Å². The quantitative estimate of drug-likeness (QED) is 0.422. The van der Waals surface area contributed by atoms with Gasteiger partial charge in [0, 0.05) is 17.0 Å². The topological polar surface area (TPSA) is 86.2 Å². The van der Waals surface area contributed by atoms with Crippen LogP contribution in [0.5, 0.6) is 0 Å². The number of nitro benzene ring substituents is 1. The first kappa shape index (κ1) is 9.53. The van der Waals surface area contributed by atoms with E-state index >= 15 is 0 Å². The number of hydrogen-bond acceptors (Lipinski definition) is 4. The Balaban J connectivity index is 3.27. The number of hydrogen-bond donors (Lipinski definition) is 2. The lowest BCUT2D eigenvalue weighted by Gasteiger charge is -1.99. The molecule has 0 aromatic heterocycles. The van der Waals surface area contributed by atoms with E-state index in [1.54, 1.807) is 0 Å². The highest BCUT2D eigenvalue weighted by molar-refractivity contribution is 7.80. The molecule has 1 rings (SSSR count). The SMILES string of the molecule is NC(=O)c1cc([N+](=O)[O-])ccc1S. The molecule has 0 spiro atoms. The van der Waals surface area contributed by atoms with Gasteiger partial charge in [0.2, 0.25) is 5.91 Å². The predicted octanol–water partition coefficient (Wildman–Crippen LogP) is 0.982. The average molecular weight is 198 g/mol. The lowest BCUT2D eigenvalue weighted by molar-refractivity contribution is -0.384. The molecule has 0 fully saturated rings. The second kappa shape index (κ2) is 3.44. The third-order valence-corrected chi connectivity index (χ3v) is 1.85. The van der Waals surface area contributed by atoms with Crippen molar-refractivity contribution in [3.8, 4) is 0 Å². The fourth-order valence-corrected chi connectivity index (χ4v) is 1.08. The highest BCUT2D eigenvalue weighted by Crippen LogP contribution is 2.19. The van der Waals surface area contributed by atoms with Gasteiger partial charge in [0.05, 0.1) is 10.5 Å². The third kappa shape index (κ3) is 1.97. The van der Waals surface area contributed by atoms with Crippen molar-refractivity contribution in [3.05, 3.63) is 33.9 Å². The van der Waals surface area contributed by atoms with Crippen LogP contribution in [0.4, 0.5) is 5.69 Å². The predicted molar refractivity (Wildman–Crippen MR) is 48.9 cm³/mol. The lowest BCUT2D eigenvalue weighted by Crippen LogP contribution is -2.12. The number of primary amides is 1. The molecule has 0 saturated heterocycles. The molecule has 1 amide bonds. The largest absolute Gasteiger partial charge is 0.366 e. The summed E-state index contributed by atoms with van der Waals surface area (Å²) in [6.07, 6.45) is 0. The van der Waals surface area contributed by atoms with Crippen LogP contribution in [-0.2, 0) is 0 Å². The minimum atomic E-state index is -0.728. The number of thiol groups is 1. The maximum atomic E-state index is 10.7. The smallest absolute Gasteiger partial charge is 0.270 e. The zero-order valence-corrected chi connectivity index (χ0v) is 7.32. The van der Waals surface area contributed by atoms with Crippen LogP contribution in [0.15, 0.2) is 23.1 Å². The van der Waals surface area contributed by atoms with Crippen LogP contribution in [0.2, 0.25) is 0 Å². The van der Waals surface area contributed by atoms with Crippen molar-refractivity contribution >= 4 is 24.2 Å². The van der Waals surface area contributed by atoms with Crippen LogP contribution in [0, 0.1) is 10.1 Å². The summed E-state index contributed by atoms with van der Waals surface area (Å²) in [6.45, 7) is 0. The molecule has 0 atom stereocenters. The van der Waals surface area contributed by atoms with Crippen LogP contribution >= 0.6 is 12.6 Å². The van der Waals surface area contributed by atoms with Gasteiger partial charge in [-0.05, 0) is 6.07 Å². The van der Waals surface area contributed by atoms with E-state index in [1.165, 1.54) is 12.1 Å². The van der Waals surface area contributed by atoms with Crippen molar-refractivity contribution in [2.75, 3.05) is 0 Å². The van der Waals surface area contributed by atoms with Crippen LogP contribution in [0.25, 0.3) is 0 Å². The maximum absolute atomic E-state index is 10.7. The molecule has 5 nitrogen and oxygen atoms in total. The van der Waals surface area contributed by atoms with E-state index in [-0.39, 0.29) is 11.3 Å². The Labute approximate surface area is 79.1 Å². The van der Waals surface area contributed by atoms with Crippen LogP contribution in [0.1, 0.15) is 10.4 Å². The fraction of sp³-hybridized carbons (Fsp3) is 0. The highest BCUT2D eigenvalue weighted by Gasteiger charge is 2.12. The van der Waals surface area contributed by atoms with E-state index in [4.69, 9.17) is 5.73 Å². The Morgan fingerprint density at radius 3 is 2.62 bits per heavy atom. The van der Waals surface area contributed by atoms with E-state index in [9.17, 15) is 14.9 Å². The first-order valence-corrected chi connectivity index (χ1v) is 3.74. The number of nitro groups is 1. The van der Waals surface area contributed by atoms with E-state index in [0.29, 0.717) is 4.90 Å². The molecule has 0 aliphatic carbocycles. The summed E-state index contributed by atoms with van der Waals surface area (Å²) in [7, 11) is 0. The number of carbonyl (C=O) groups excluding carboxylic acids is 1. The third-order valence-electron chi connectivity index (χ3n) is 1.46. The lowest BCUT2D eigenvalue weighted by atomic mass is 10.2. The number of benzene rings is 1. The molecule has 6 heteroatoms. The van der Waals surface area contributed by atoms with Gasteiger partial charge in [-0.3, -0.25) is 14.9 Å². The van der Waals surface area contributed by atoms with E-state index in [0.717, 1.165) is 6.07 Å². The number of nitrogens with two attached hydrogens (primary N) is 1. The van der Waals surface area contributed by atoms with Gasteiger partial charge in [-0.15, -0.1) is 12.6 Å². The minimum Gasteiger partial charge on any atom is -0.366 e. The van der Waals surface area contributed by atoms with E-state index in [2.05, 4.69) is 12.6 Å². The van der Waals surface area contributed by atoms with Gasteiger partial charge in [0.1, 0.15) is 0 Å². The van der Waals surface area contributed by atoms with Crippen molar-refractivity contribution in [2.45, 2.75) is 4.90 Å². The molecule has 0 unspecified atom stereocenters. The number of nitrogens with zero attached hydrogens (tertiary/aromatic N) is 1. The summed E-state index contributed by atoms with van der Waals surface area (Å²) in [6, 6.07) is 3.72. The van der Waals surface area contributed by atoms with Gasteiger partial charge in [0.25, 0.3) is 5.69 Å². The first-order chi connectivity index (χ1) is 6.02. The molecule has 0 bridgehead atoms. The molecular formula is C7H6N2O3S. The van der Waals surface area contributed by atoms with Crippen molar-refractivity contribution in [1.29, 1.82) is 0 Å². The van der Waals surface area contributed by atoms with Crippen LogP contribution in [-0.4, -0.2) is 10.8 Å². The van der Waals surface area contributed by atoms with Crippen LogP contribution in [0.3, 0.4) is 0 Å². The normalized spacial score (nSPS) is 9.62. The van der Waals surface area contributed by atoms with Crippen molar-refractivity contribution in [2.24, 2.45) is 5.73 Å². The summed E-state index contributed by atoms with van der Waals surface area (Å²) >= 11 is 3.93. The number of non-ortho nitro benzene ring substituents is 1. The molecule has 0 saturated carbocycles. The fourth-order valence-electron chi connectivity index (χ4n) is 0.835. The molecule has 1 aromatic rings. The van der Waals surface area contributed by atoms with E-state index in [1.807, 2.05) is 0 Å². The zero-order valence-electron chi connectivity index (χ0n) is 6.43. The molecule has 13 heavy (non-hydrogen) atoms. The molecule has 0 aliphatic rings. The van der Waals surface area contributed by atoms with Gasteiger partial charge in [-0.1, -0.05) is 0 Å². The maximum Gasteiger partial charge on any atom is 0.270 e. The Morgan fingerprint density at radius 2 is 2.15 bits per heavy atom. The summed E-state index contributed by atoms with van der Waals surface area (Å²) in [5.41, 5.74) is 4.85. The minimum absolute atomic E-state index is 0.0533. The Hall–Kier alpha value is -1.56. The van der Waals surface area contributed by atoms with Gasteiger partial charge in [-0.2, -0.15) is 0 Å². The van der Waals surface area contributed by atoms with Gasteiger partial charge >= 0.3 is 0 Å². The summed E-state index contributed by atoms with van der Waals surface area (Å²) < 4.78 is 0. The van der Waals surface area contributed by atoms with Gasteiger partial charge in [-0.25, -0.2) is 0 Å². The van der Waals surface area contributed by atoms with Crippen molar-refractivity contribution < 1.29 is 9.72 Å². The molecule has 0 heterocycles. The second-order valence-electron chi connectivity index (χ2n) is 2.32. The molecule has 0 aliphatic heterocycles. The summed E-state index contributed by atoms with van der Waals surface area (Å²) in [5.74, 6) is -0.728. The number of carbonyl (C=O) groups is 1. The summed E-state index contributed by atoms with van der Waals surface area (Å²) in [5, 5.41) is 10.3. The van der Waals surface area contributed by atoms with Crippen molar-refractivity contribution in [1.82, 2.24) is 0 Å². The molecule has 2 N–H and O–H groups in total. The molecular weight excluding hydrogens is 192 g/mol. The Kier molecular flexibility index (Phi) is 2.52. The Bertz CT molecular complexity index is 378. The van der Waals surface area contributed by atoms with E-state index < -0.39 is 10.8 Å². The molecule has 68 valence electrons. The molecule has 1 aromatic carbocycles. The number of rotatable bonds is 2. The monoisotopic (exact) mass is 198 g/mol. The first-order valence-electron chi connectivity index (χ1n) is 3.29. The highest BCUT2D eigenvalue weighted by atomic mass is 32.1. The van der Waals surface area contributed by atoms with Crippen LogP contribution < -0.4 is 5.73 Å². The standard InChI is InChI=1S/C7H6N2O3S/c8-7(10)5-3-4(9(11)12)1-2-6(5)13/h1-3,13H,(H2,8,10). The summed E-state index contributed by atoms with van der Waals surface area (Å²) in [4.78, 5) is 20.8.